The maximum absolute atomic E-state index is 12.3. The summed E-state index contributed by atoms with van der Waals surface area (Å²) in [5.74, 6) is 1.17. The number of anilines is 2. The van der Waals surface area contributed by atoms with Gasteiger partial charge in [-0.1, -0.05) is 11.6 Å². The molecule has 3 rings (SSSR count). The Morgan fingerprint density at radius 2 is 2.12 bits per heavy atom. The number of pyridine rings is 1. The zero-order chi connectivity index (χ0) is 18.5. The summed E-state index contributed by atoms with van der Waals surface area (Å²) in [5, 5.41) is 3.40. The Bertz CT molecular complexity index is 767. The number of carbonyl (C=O) groups excluding carboxylic acids is 1. The van der Waals surface area contributed by atoms with Crippen molar-refractivity contribution < 1.29 is 14.3 Å². The first kappa shape index (κ1) is 18.9. The summed E-state index contributed by atoms with van der Waals surface area (Å²) in [5.41, 5.74) is 0.623. The number of carbonyl (C=O) groups is 1. The van der Waals surface area contributed by atoms with Gasteiger partial charge in [0.15, 0.2) is 6.10 Å². The average Bonchev–Trinajstić information content (AvgIpc) is 2.65. The Morgan fingerprint density at radius 1 is 1.35 bits per heavy atom. The van der Waals surface area contributed by atoms with Crippen LogP contribution in [0.5, 0.6) is 5.75 Å². The molecule has 1 fully saturated rings. The van der Waals surface area contributed by atoms with Crippen LogP contribution in [0.15, 0.2) is 41.0 Å². The molecule has 26 heavy (non-hydrogen) atoms. The SMILES string of the molecule is CC(Oc1ccc(Cl)cc1Br)C(=O)Nc1ccc(N2CCOCC2)nc1. The van der Waals surface area contributed by atoms with Crippen molar-refractivity contribution in [1.82, 2.24) is 4.98 Å². The van der Waals surface area contributed by atoms with Gasteiger partial charge in [0.2, 0.25) is 0 Å². The first-order chi connectivity index (χ1) is 12.5. The van der Waals surface area contributed by atoms with E-state index < -0.39 is 6.10 Å². The molecule has 2 aromatic rings. The van der Waals surface area contributed by atoms with E-state index >= 15 is 0 Å². The molecule has 1 saturated heterocycles. The summed E-state index contributed by atoms with van der Waals surface area (Å²) in [6, 6.07) is 8.87. The molecule has 6 nitrogen and oxygen atoms in total. The van der Waals surface area contributed by atoms with Crippen molar-refractivity contribution in [3.8, 4) is 5.75 Å². The van der Waals surface area contributed by atoms with E-state index in [-0.39, 0.29) is 5.91 Å². The predicted molar refractivity (Wildman–Crippen MR) is 105 cm³/mol. The number of halogens is 2. The van der Waals surface area contributed by atoms with Crippen LogP contribution < -0.4 is 15.0 Å². The zero-order valence-electron chi connectivity index (χ0n) is 14.2. The van der Waals surface area contributed by atoms with Crippen LogP contribution in [0.25, 0.3) is 0 Å². The van der Waals surface area contributed by atoms with Crippen LogP contribution in [0.4, 0.5) is 11.5 Å². The summed E-state index contributed by atoms with van der Waals surface area (Å²) < 4.78 is 11.7. The topological polar surface area (TPSA) is 63.7 Å². The third-order valence-corrected chi connectivity index (χ3v) is 4.77. The fraction of sp³-hybridized carbons (Fsp3) is 0.333. The van der Waals surface area contributed by atoms with E-state index in [1.807, 2.05) is 12.1 Å². The summed E-state index contributed by atoms with van der Waals surface area (Å²) >= 11 is 9.28. The van der Waals surface area contributed by atoms with E-state index in [1.165, 1.54) is 0 Å². The lowest BCUT2D eigenvalue weighted by molar-refractivity contribution is -0.122. The molecule has 8 heteroatoms. The minimum absolute atomic E-state index is 0.257. The second kappa shape index (κ2) is 8.70. The molecule has 1 unspecified atom stereocenters. The molecule has 1 aliphatic heterocycles. The molecular formula is C18H19BrClN3O3. The molecule has 0 saturated carbocycles. The van der Waals surface area contributed by atoms with Crippen LogP contribution in [0.3, 0.4) is 0 Å². The van der Waals surface area contributed by atoms with Gasteiger partial charge < -0.3 is 19.7 Å². The van der Waals surface area contributed by atoms with Crippen LogP contribution in [-0.4, -0.2) is 43.3 Å². The van der Waals surface area contributed by atoms with E-state index in [9.17, 15) is 4.79 Å². The van der Waals surface area contributed by atoms with E-state index in [2.05, 4.69) is 31.1 Å². The van der Waals surface area contributed by atoms with Gasteiger partial charge in [0.25, 0.3) is 5.91 Å². The minimum atomic E-state index is -0.675. The van der Waals surface area contributed by atoms with Crippen molar-refractivity contribution >= 4 is 44.9 Å². The van der Waals surface area contributed by atoms with Crippen LogP contribution in [-0.2, 0) is 9.53 Å². The number of nitrogens with one attached hydrogen (secondary N) is 1. The molecule has 1 N–H and O–H groups in total. The maximum atomic E-state index is 12.3. The third kappa shape index (κ3) is 4.87. The maximum Gasteiger partial charge on any atom is 0.265 e. The molecule has 1 aromatic heterocycles. The highest BCUT2D eigenvalue weighted by Gasteiger charge is 2.17. The fourth-order valence-electron chi connectivity index (χ4n) is 2.50. The molecule has 0 aliphatic carbocycles. The third-order valence-electron chi connectivity index (χ3n) is 3.92. The fourth-order valence-corrected chi connectivity index (χ4v) is 3.27. The summed E-state index contributed by atoms with van der Waals surface area (Å²) in [4.78, 5) is 18.9. The molecule has 1 aromatic carbocycles. The molecular weight excluding hydrogens is 422 g/mol. The first-order valence-corrected chi connectivity index (χ1v) is 9.41. The van der Waals surface area contributed by atoms with Crippen molar-refractivity contribution in [2.24, 2.45) is 0 Å². The van der Waals surface area contributed by atoms with Gasteiger partial charge in [0, 0.05) is 18.1 Å². The Morgan fingerprint density at radius 3 is 2.77 bits per heavy atom. The quantitative estimate of drug-likeness (QED) is 0.767. The molecule has 0 bridgehead atoms. The Kier molecular flexibility index (Phi) is 6.34. The number of nitrogens with zero attached hydrogens (tertiary/aromatic N) is 2. The van der Waals surface area contributed by atoms with Gasteiger partial charge in [-0.05, 0) is 53.2 Å². The normalized spacial score (nSPS) is 15.4. The number of amides is 1. The number of rotatable bonds is 5. The highest BCUT2D eigenvalue weighted by molar-refractivity contribution is 9.10. The molecule has 138 valence electrons. The molecule has 0 spiro atoms. The monoisotopic (exact) mass is 439 g/mol. The molecule has 2 heterocycles. The smallest absolute Gasteiger partial charge is 0.265 e. The number of hydrogen-bond donors (Lipinski definition) is 1. The lowest BCUT2D eigenvalue weighted by Gasteiger charge is -2.27. The summed E-state index contributed by atoms with van der Waals surface area (Å²) in [6.07, 6.45) is 0.972. The van der Waals surface area contributed by atoms with Gasteiger partial charge in [0.1, 0.15) is 11.6 Å². The molecule has 1 atom stereocenters. The van der Waals surface area contributed by atoms with Gasteiger partial charge >= 0.3 is 0 Å². The first-order valence-electron chi connectivity index (χ1n) is 8.24. The predicted octanol–water partition coefficient (Wildman–Crippen LogP) is 3.74. The highest BCUT2D eigenvalue weighted by Crippen LogP contribution is 2.29. The molecule has 0 radical (unpaired) electrons. The van der Waals surface area contributed by atoms with E-state index in [4.69, 9.17) is 21.1 Å². The molecule has 1 amide bonds. The Labute approximate surface area is 165 Å². The Balaban J connectivity index is 1.58. The van der Waals surface area contributed by atoms with Crippen molar-refractivity contribution in [2.45, 2.75) is 13.0 Å². The average molecular weight is 441 g/mol. The van der Waals surface area contributed by atoms with Crippen LogP contribution >= 0.6 is 27.5 Å². The van der Waals surface area contributed by atoms with Crippen molar-refractivity contribution in [2.75, 3.05) is 36.5 Å². The number of benzene rings is 1. The lowest BCUT2D eigenvalue weighted by Crippen LogP contribution is -2.36. The summed E-state index contributed by atoms with van der Waals surface area (Å²) in [7, 11) is 0. The van der Waals surface area contributed by atoms with Gasteiger partial charge in [0.05, 0.1) is 29.6 Å². The van der Waals surface area contributed by atoms with Crippen LogP contribution in [0, 0.1) is 0 Å². The second-order valence-electron chi connectivity index (χ2n) is 5.83. The minimum Gasteiger partial charge on any atom is -0.480 e. The number of aromatic nitrogens is 1. The van der Waals surface area contributed by atoms with Gasteiger partial charge in [-0.15, -0.1) is 0 Å². The number of hydrogen-bond acceptors (Lipinski definition) is 5. The summed E-state index contributed by atoms with van der Waals surface area (Å²) in [6.45, 7) is 4.73. The van der Waals surface area contributed by atoms with E-state index in [0.29, 0.717) is 34.1 Å². The van der Waals surface area contributed by atoms with Gasteiger partial charge in [-0.2, -0.15) is 0 Å². The van der Waals surface area contributed by atoms with E-state index in [0.717, 1.165) is 18.9 Å². The zero-order valence-corrected chi connectivity index (χ0v) is 16.6. The van der Waals surface area contributed by atoms with Crippen molar-refractivity contribution in [3.05, 3.63) is 46.0 Å². The van der Waals surface area contributed by atoms with Gasteiger partial charge in [-0.25, -0.2) is 4.98 Å². The lowest BCUT2D eigenvalue weighted by atomic mass is 10.3. The van der Waals surface area contributed by atoms with Crippen LogP contribution in [0.2, 0.25) is 5.02 Å². The highest BCUT2D eigenvalue weighted by atomic mass is 79.9. The van der Waals surface area contributed by atoms with E-state index in [1.54, 1.807) is 31.3 Å². The molecule has 1 aliphatic rings. The standard InChI is InChI=1S/C18H19BrClN3O3/c1-12(26-16-4-2-13(20)10-15(16)19)18(24)22-14-3-5-17(21-11-14)23-6-8-25-9-7-23/h2-5,10-12H,6-9H2,1H3,(H,22,24). The van der Waals surface area contributed by atoms with Gasteiger partial charge in [-0.3, -0.25) is 4.79 Å². The number of ether oxygens (including phenoxy) is 2. The van der Waals surface area contributed by atoms with Crippen molar-refractivity contribution in [3.63, 3.8) is 0 Å². The van der Waals surface area contributed by atoms with Crippen molar-refractivity contribution in [1.29, 1.82) is 0 Å². The Hall–Kier alpha value is -1.83. The van der Waals surface area contributed by atoms with Crippen LogP contribution in [0.1, 0.15) is 6.92 Å². The second-order valence-corrected chi connectivity index (χ2v) is 7.12. The largest absolute Gasteiger partial charge is 0.480 e. The number of morpholine rings is 1.